The molecule has 21 heavy (non-hydrogen) atoms. The van der Waals surface area contributed by atoms with Crippen molar-refractivity contribution in [1.29, 1.82) is 0 Å². The highest BCUT2D eigenvalue weighted by molar-refractivity contribution is 8.02. The Labute approximate surface area is 137 Å². The van der Waals surface area contributed by atoms with Crippen molar-refractivity contribution in [3.63, 3.8) is 0 Å². The van der Waals surface area contributed by atoms with Crippen LogP contribution in [0.2, 0.25) is 5.02 Å². The fourth-order valence-electron chi connectivity index (χ4n) is 1.67. The van der Waals surface area contributed by atoms with Gasteiger partial charge < -0.3 is 0 Å². The van der Waals surface area contributed by atoms with E-state index in [0.717, 1.165) is 8.68 Å². The van der Waals surface area contributed by atoms with Crippen molar-refractivity contribution in [2.75, 3.05) is 6.26 Å². The summed E-state index contributed by atoms with van der Waals surface area (Å²) in [5.74, 6) is 0.581. The molecule has 108 valence electrons. The average molecular weight is 357 g/mol. The molecule has 0 aromatic carbocycles. The van der Waals surface area contributed by atoms with Crippen molar-refractivity contribution in [2.45, 2.75) is 14.4 Å². The van der Waals surface area contributed by atoms with Gasteiger partial charge in [-0.3, -0.25) is 9.20 Å². The quantitative estimate of drug-likeness (QED) is 0.669. The Hall–Kier alpha value is -1.09. The van der Waals surface area contributed by atoms with E-state index in [4.69, 9.17) is 11.6 Å². The number of aromatic nitrogens is 4. The van der Waals surface area contributed by atoms with Gasteiger partial charge in [0.2, 0.25) is 0 Å². The average Bonchev–Trinajstić information content (AvgIpc) is 2.94. The van der Waals surface area contributed by atoms with Gasteiger partial charge in [0.05, 0.1) is 10.7 Å². The molecule has 0 bridgehead atoms. The van der Waals surface area contributed by atoms with Crippen LogP contribution in [0.25, 0.3) is 5.65 Å². The zero-order chi connectivity index (χ0) is 14.8. The Balaban J connectivity index is 1.84. The van der Waals surface area contributed by atoms with E-state index in [2.05, 4.69) is 15.2 Å². The van der Waals surface area contributed by atoms with Gasteiger partial charge in [0, 0.05) is 18.0 Å². The second-order valence-electron chi connectivity index (χ2n) is 3.99. The van der Waals surface area contributed by atoms with Crippen LogP contribution in [0.5, 0.6) is 0 Å². The Kier molecular flexibility index (Phi) is 4.48. The Morgan fingerprint density at radius 1 is 1.33 bits per heavy atom. The molecule has 0 aliphatic rings. The van der Waals surface area contributed by atoms with E-state index in [-0.39, 0.29) is 5.56 Å². The molecule has 0 spiro atoms. The second kappa shape index (κ2) is 6.35. The third-order valence-electron chi connectivity index (χ3n) is 2.58. The first-order valence-electron chi connectivity index (χ1n) is 5.84. The van der Waals surface area contributed by atoms with Gasteiger partial charge in [0.15, 0.2) is 8.68 Å². The third kappa shape index (κ3) is 3.39. The van der Waals surface area contributed by atoms with Gasteiger partial charge in [-0.2, -0.15) is 0 Å². The zero-order valence-electron chi connectivity index (χ0n) is 10.8. The lowest BCUT2D eigenvalue weighted by molar-refractivity contribution is 0.954. The summed E-state index contributed by atoms with van der Waals surface area (Å²) in [6.07, 6.45) is 3.53. The summed E-state index contributed by atoms with van der Waals surface area (Å²) >= 11 is 10.5. The van der Waals surface area contributed by atoms with E-state index < -0.39 is 0 Å². The molecule has 3 aromatic rings. The zero-order valence-corrected chi connectivity index (χ0v) is 14.0. The molecule has 0 N–H and O–H groups in total. The SMILES string of the molecule is CSc1nnc(SCc2cc(=O)n3cc(Cl)ccc3n2)s1. The van der Waals surface area contributed by atoms with Crippen LogP contribution in [0.1, 0.15) is 5.69 Å². The topological polar surface area (TPSA) is 60.2 Å². The van der Waals surface area contributed by atoms with Gasteiger partial charge in [0.25, 0.3) is 5.56 Å². The Bertz CT molecular complexity index is 848. The van der Waals surface area contributed by atoms with Crippen LogP contribution in [-0.4, -0.2) is 25.8 Å². The lowest BCUT2D eigenvalue weighted by atomic mass is 10.4. The molecule has 0 radical (unpaired) electrons. The summed E-state index contributed by atoms with van der Waals surface area (Å²) in [7, 11) is 0. The fraction of sp³-hybridized carbons (Fsp3) is 0.167. The Morgan fingerprint density at radius 3 is 2.90 bits per heavy atom. The molecule has 3 rings (SSSR count). The molecule has 0 aliphatic heterocycles. The van der Waals surface area contributed by atoms with Gasteiger partial charge >= 0.3 is 0 Å². The number of nitrogens with zero attached hydrogens (tertiary/aromatic N) is 4. The van der Waals surface area contributed by atoms with Crippen LogP contribution in [-0.2, 0) is 5.75 Å². The standard InChI is InChI=1S/C12H9ClN4OS3/c1-19-11-15-16-12(21-11)20-6-8-4-10(18)17-5-7(13)2-3-9(17)14-8/h2-5H,6H2,1H3. The highest BCUT2D eigenvalue weighted by atomic mass is 35.5. The summed E-state index contributed by atoms with van der Waals surface area (Å²) in [6, 6.07) is 4.97. The molecule has 0 amide bonds. The van der Waals surface area contributed by atoms with Gasteiger partial charge in [-0.1, -0.05) is 46.5 Å². The number of hydrogen-bond acceptors (Lipinski definition) is 7. The lowest BCUT2D eigenvalue weighted by Crippen LogP contribution is -2.14. The van der Waals surface area contributed by atoms with Gasteiger partial charge in [0.1, 0.15) is 5.65 Å². The highest BCUT2D eigenvalue weighted by Crippen LogP contribution is 2.29. The van der Waals surface area contributed by atoms with Crippen molar-refractivity contribution in [3.05, 3.63) is 45.5 Å². The van der Waals surface area contributed by atoms with Crippen molar-refractivity contribution in [3.8, 4) is 0 Å². The molecule has 0 unspecified atom stereocenters. The maximum atomic E-state index is 12.0. The van der Waals surface area contributed by atoms with Gasteiger partial charge in [-0.05, 0) is 18.4 Å². The minimum absolute atomic E-state index is 0.139. The predicted molar refractivity (Wildman–Crippen MR) is 87.7 cm³/mol. The summed E-state index contributed by atoms with van der Waals surface area (Å²) in [4.78, 5) is 16.5. The van der Waals surface area contributed by atoms with E-state index in [0.29, 0.717) is 22.1 Å². The Morgan fingerprint density at radius 2 is 2.14 bits per heavy atom. The molecule has 3 heterocycles. The molecule has 0 atom stereocenters. The molecular formula is C12H9ClN4OS3. The largest absolute Gasteiger partial charge is 0.269 e. The van der Waals surface area contributed by atoms with Crippen LogP contribution in [0.3, 0.4) is 0 Å². The minimum Gasteiger partial charge on any atom is -0.269 e. The van der Waals surface area contributed by atoms with Gasteiger partial charge in [-0.15, -0.1) is 10.2 Å². The maximum Gasteiger partial charge on any atom is 0.258 e. The molecule has 0 saturated heterocycles. The molecular weight excluding hydrogens is 348 g/mol. The van der Waals surface area contributed by atoms with E-state index in [9.17, 15) is 4.79 Å². The van der Waals surface area contributed by atoms with E-state index in [1.165, 1.54) is 33.6 Å². The molecule has 3 aromatic heterocycles. The molecule has 0 saturated carbocycles. The number of pyridine rings is 1. The number of thioether (sulfide) groups is 2. The monoisotopic (exact) mass is 356 g/mol. The molecule has 0 fully saturated rings. The van der Waals surface area contributed by atoms with Crippen molar-refractivity contribution in [2.24, 2.45) is 0 Å². The first kappa shape index (κ1) is 14.8. The van der Waals surface area contributed by atoms with Crippen LogP contribution < -0.4 is 5.56 Å². The van der Waals surface area contributed by atoms with Crippen LogP contribution in [0.15, 0.2) is 37.9 Å². The van der Waals surface area contributed by atoms with Crippen LogP contribution >= 0.6 is 46.5 Å². The highest BCUT2D eigenvalue weighted by Gasteiger charge is 2.07. The lowest BCUT2D eigenvalue weighted by Gasteiger charge is -2.03. The normalized spacial score (nSPS) is 11.1. The van der Waals surface area contributed by atoms with Crippen LogP contribution in [0, 0.1) is 0 Å². The minimum atomic E-state index is -0.139. The number of rotatable bonds is 4. The fourth-order valence-corrected chi connectivity index (χ4v) is 4.16. The first-order chi connectivity index (χ1) is 10.2. The van der Waals surface area contributed by atoms with E-state index >= 15 is 0 Å². The van der Waals surface area contributed by atoms with Crippen molar-refractivity contribution in [1.82, 2.24) is 19.6 Å². The second-order valence-corrected chi connectivity index (χ2v) is 7.68. The summed E-state index contributed by atoms with van der Waals surface area (Å²) in [5, 5.41) is 8.62. The number of hydrogen-bond donors (Lipinski definition) is 0. The van der Waals surface area contributed by atoms with Gasteiger partial charge in [-0.25, -0.2) is 4.98 Å². The molecule has 5 nitrogen and oxygen atoms in total. The summed E-state index contributed by atoms with van der Waals surface area (Å²) < 4.78 is 3.24. The van der Waals surface area contributed by atoms with E-state index in [1.807, 2.05) is 6.26 Å². The van der Waals surface area contributed by atoms with Crippen molar-refractivity contribution >= 4 is 52.1 Å². The first-order valence-corrected chi connectivity index (χ1v) is 9.24. The number of fused-ring (bicyclic) bond motifs is 1. The summed E-state index contributed by atoms with van der Waals surface area (Å²) in [5.41, 5.74) is 1.16. The molecule has 0 aliphatic carbocycles. The smallest absolute Gasteiger partial charge is 0.258 e. The van der Waals surface area contributed by atoms with Crippen molar-refractivity contribution < 1.29 is 0 Å². The molecule has 9 heteroatoms. The maximum absolute atomic E-state index is 12.0. The number of halogens is 1. The van der Waals surface area contributed by atoms with Crippen LogP contribution in [0.4, 0.5) is 0 Å². The summed E-state index contributed by atoms with van der Waals surface area (Å²) in [6.45, 7) is 0. The van der Waals surface area contributed by atoms with E-state index in [1.54, 1.807) is 30.1 Å². The predicted octanol–water partition coefficient (Wildman–Crippen LogP) is 3.21. The third-order valence-corrected chi connectivity index (χ3v) is 5.87.